The number of benzene rings is 3. The molecule has 3 aromatic carbocycles. The first kappa shape index (κ1) is 14.2. The normalized spacial score (nSPS) is 10.6. The molecule has 0 N–H and O–H groups in total. The summed E-state index contributed by atoms with van der Waals surface area (Å²) in [6.07, 6.45) is 3.98. The van der Waals surface area contributed by atoms with Gasteiger partial charge in [0.25, 0.3) is 0 Å². The highest BCUT2D eigenvalue weighted by Gasteiger charge is 1.93. The van der Waals surface area contributed by atoms with E-state index in [1.54, 1.807) is 0 Å². The smallest absolute Gasteiger partial charge is 0.0254 e. The molecule has 0 aliphatic carbocycles. The summed E-state index contributed by atoms with van der Waals surface area (Å²) < 4.78 is 0. The molecule has 0 saturated carbocycles. The van der Waals surface area contributed by atoms with Gasteiger partial charge in [-0.15, -0.1) is 0 Å². The topological polar surface area (TPSA) is 0 Å². The third-order valence-electron chi connectivity index (χ3n) is 3.57. The summed E-state index contributed by atoms with van der Waals surface area (Å²) in [7, 11) is 0. The predicted molar refractivity (Wildman–Crippen MR) is 95.8 cm³/mol. The zero-order valence-electron chi connectivity index (χ0n) is 12.9. The van der Waals surface area contributed by atoms with Gasteiger partial charge in [-0.1, -0.05) is 54.3 Å². The van der Waals surface area contributed by atoms with Crippen molar-refractivity contribution in [2.45, 2.75) is 13.8 Å². The summed E-state index contributed by atoms with van der Waals surface area (Å²) in [6.45, 7) is 4.20. The lowest BCUT2D eigenvalue weighted by Crippen LogP contribution is -1.80. The Morgan fingerprint density at radius 3 is 2.27 bits per heavy atom. The van der Waals surface area contributed by atoms with Crippen LogP contribution in [0.1, 0.15) is 22.3 Å². The van der Waals surface area contributed by atoms with Gasteiger partial charge in [0.2, 0.25) is 0 Å². The molecule has 0 atom stereocenters. The Morgan fingerprint density at radius 2 is 1.50 bits per heavy atom. The number of hydrogen-bond donors (Lipinski definition) is 0. The summed E-state index contributed by atoms with van der Waals surface area (Å²) in [6, 6.07) is 21.2. The van der Waals surface area contributed by atoms with Crippen molar-refractivity contribution in [3.63, 3.8) is 0 Å². The second-order valence-corrected chi connectivity index (χ2v) is 5.59. The van der Waals surface area contributed by atoms with Gasteiger partial charge >= 0.3 is 0 Å². The van der Waals surface area contributed by atoms with Crippen LogP contribution in [0.2, 0.25) is 0 Å². The van der Waals surface area contributed by atoms with E-state index in [4.69, 9.17) is 0 Å². The van der Waals surface area contributed by atoms with Crippen LogP contribution in [0.3, 0.4) is 0 Å². The monoisotopic (exact) mass is 282 g/mol. The molecule has 0 fully saturated rings. The van der Waals surface area contributed by atoms with Crippen LogP contribution < -0.4 is 0 Å². The van der Waals surface area contributed by atoms with Gasteiger partial charge in [0, 0.05) is 5.56 Å². The van der Waals surface area contributed by atoms with E-state index >= 15 is 0 Å². The van der Waals surface area contributed by atoms with Gasteiger partial charge < -0.3 is 0 Å². The first-order valence-electron chi connectivity index (χ1n) is 7.46. The van der Waals surface area contributed by atoms with Crippen LogP contribution in [-0.2, 0) is 0 Å². The van der Waals surface area contributed by atoms with E-state index in [2.05, 4.69) is 92.4 Å². The Balaban J connectivity index is 1.80. The van der Waals surface area contributed by atoms with Gasteiger partial charge in [0.15, 0.2) is 0 Å². The van der Waals surface area contributed by atoms with Crippen LogP contribution in [0.15, 0.2) is 66.7 Å². The number of hydrogen-bond acceptors (Lipinski definition) is 0. The highest BCUT2D eigenvalue weighted by molar-refractivity contribution is 5.84. The van der Waals surface area contributed by atoms with E-state index in [9.17, 15) is 0 Å². The van der Waals surface area contributed by atoms with Gasteiger partial charge in [0.05, 0.1) is 0 Å². The fourth-order valence-corrected chi connectivity index (χ4v) is 2.62. The summed E-state index contributed by atoms with van der Waals surface area (Å²) in [5.41, 5.74) is 4.75. The van der Waals surface area contributed by atoms with Crippen molar-refractivity contribution in [1.82, 2.24) is 0 Å². The molecule has 3 aromatic rings. The molecule has 0 radical (unpaired) electrons. The minimum absolute atomic E-state index is 1.07. The molecule has 0 unspecified atom stereocenters. The quantitative estimate of drug-likeness (QED) is 0.515. The minimum atomic E-state index is 1.07. The highest BCUT2D eigenvalue weighted by Crippen LogP contribution is 2.16. The Hall–Kier alpha value is -2.78. The molecule has 0 amide bonds. The van der Waals surface area contributed by atoms with Crippen LogP contribution in [0, 0.1) is 25.7 Å². The van der Waals surface area contributed by atoms with E-state index in [0.717, 1.165) is 5.56 Å². The molecular formula is C22H18. The summed E-state index contributed by atoms with van der Waals surface area (Å²) in [5, 5.41) is 2.52. The minimum Gasteiger partial charge on any atom is -0.0696 e. The summed E-state index contributed by atoms with van der Waals surface area (Å²) in [4.78, 5) is 0. The molecule has 0 aliphatic heterocycles. The Bertz CT molecular complexity index is 882. The Labute approximate surface area is 132 Å². The van der Waals surface area contributed by atoms with Crippen molar-refractivity contribution in [1.29, 1.82) is 0 Å². The fraction of sp³-hybridized carbons (Fsp3) is 0.0909. The maximum atomic E-state index is 3.20. The van der Waals surface area contributed by atoms with Crippen LogP contribution in [0.4, 0.5) is 0 Å². The number of fused-ring (bicyclic) bond motifs is 1. The van der Waals surface area contributed by atoms with Gasteiger partial charge in [-0.25, -0.2) is 0 Å². The third kappa shape index (κ3) is 3.45. The molecule has 0 spiro atoms. The average molecular weight is 282 g/mol. The SMILES string of the molecule is Cc1cc(C)cc(C#C/C=C\c2ccc3ccccc3c2)c1. The van der Waals surface area contributed by atoms with Crippen molar-refractivity contribution >= 4 is 16.8 Å². The average Bonchev–Trinajstić information content (AvgIpc) is 2.50. The van der Waals surface area contributed by atoms with E-state index in [1.165, 1.54) is 27.5 Å². The van der Waals surface area contributed by atoms with E-state index in [0.29, 0.717) is 0 Å². The standard InChI is InChI=1S/C22H18/c1-17-13-18(2)15-20(14-17)8-4-3-7-19-11-12-21-9-5-6-10-22(21)16-19/h3,5-7,9-16H,1-2H3/b7-3-. The maximum Gasteiger partial charge on any atom is 0.0254 e. The van der Waals surface area contributed by atoms with Crippen molar-refractivity contribution < 1.29 is 0 Å². The third-order valence-corrected chi connectivity index (χ3v) is 3.57. The number of aryl methyl sites for hydroxylation is 2. The second kappa shape index (κ2) is 6.33. The molecule has 3 rings (SSSR count). The summed E-state index contributed by atoms with van der Waals surface area (Å²) >= 11 is 0. The van der Waals surface area contributed by atoms with Crippen LogP contribution >= 0.6 is 0 Å². The highest BCUT2D eigenvalue weighted by atomic mass is 14.0. The fourth-order valence-electron chi connectivity index (χ4n) is 2.62. The predicted octanol–water partition coefficient (Wildman–Crippen LogP) is 5.52. The van der Waals surface area contributed by atoms with Crippen molar-refractivity contribution in [2.24, 2.45) is 0 Å². The van der Waals surface area contributed by atoms with Gasteiger partial charge in [-0.3, -0.25) is 0 Å². The molecule has 0 nitrogen and oxygen atoms in total. The lowest BCUT2D eigenvalue weighted by Gasteiger charge is -1.98. The molecule has 0 bridgehead atoms. The summed E-state index contributed by atoms with van der Waals surface area (Å²) in [5.74, 6) is 6.32. The van der Waals surface area contributed by atoms with E-state index in [-0.39, 0.29) is 0 Å². The van der Waals surface area contributed by atoms with Gasteiger partial charge in [0.1, 0.15) is 0 Å². The van der Waals surface area contributed by atoms with Gasteiger partial charge in [-0.2, -0.15) is 0 Å². The first-order valence-corrected chi connectivity index (χ1v) is 7.46. The molecular weight excluding hydrogens is 264 g/mol. The molecule has 106 valence electrons. The second-order valence-electron chi connectivity index (χ2n) is 5.59. The maximum absolute atomic E-state index is 3.20. The van der Waals surface area contributed by atoms with Crippen molar-refractivity contribution in [2.75, 3.05) is 0 Å². The molecule has 0 aromatic heterocycles. The van der Waals surface area contributed by atoms with Gasteiger partial charge in [-0.05, 0) is 71.7 Å². The van der Waals surface area contributed by atoms with Crippen molar-refractivity contribution in [3.8, 4) is 11.8 Å². The lowest BCUT2D eigenvalue weighted by molar-refractivity contribution is 1.37. The van der Waals surface area contributed by atoms with Crippen LogP contribution in [0.5, 0.6) is 0 Å². The van der Waals surface area contributed by atoms with Crippen LogP contribution in [-0.4, -0.2) is 0 Å². The Morgan fingerprint density at radius 1 is 0.773 bits per heavy atom. The zero-order chi connectivity index (χ0) is 15.4. The largest absolute Gasteiger partial charge is 0.0696 e. The number of rotatable bonds is 1. The molecule has 0 heterocycles. The Kier molecular flexibility index (Phi) is 4.08. The van der Waals surface area contributed by atoms with Crippen molar-refractivity contribution in [3.05, 3.63) is 89.0 Å². The molecule has 0 saturated heterocycles. The van der Waals surface area contributed by atoms with E-state index in [1.807, 2.05) is 6.08 Å². The molecule has 0 aliphatic rings. The molecule has 0 heteroatoms. The first-order chi connectivity index (χ1) is 10.7. The zero-order valence-corrected chi connectivity index (χ0v) is 12.9. The molecule has 22 heavy (non-hydrogen) atoms. The number of allylic oxidation sites excluding steroid dienone is 1. The van der Waals surface area contributed by atoms with Crippen LogP contribution in [0.25, 0.3) is 16.8 Å². The lowest BCUT2D eigenvalue weighted by atomic mass is 10.1. The van der Waals surface area contributed by atoms with E-state index < -0.39 is 0 Å².